The van der Waals surface area contributed by atoms with Crippen molar-refractivity contribution in [1.82, 2.24) is 4.90 Å². The summed E-state index contributed by atoms with van der Waals surface area (Å²) < 4.78 is 0. The summed E-state index contributed by atoms with van der Waals surface area (Å²) in [6, 6.07) is 0.640. The van der Waals surface area contributed by atoms with Gasteiger partial charge in [-0.05, 0) is 32.6 Å². The van der Waals surface area contributed by atoms with E-state index >= 15 is 0 Å². The maximum atomic E-state index is 11.8. The van der Waals surface area contributed by atoms with Gasteiger partial charge in [0, 0.05) is 18.1 Å². The summed E-state index contributed by atoms with van der Waals surface area (Å²) in [7, 11) is 0. The number of piperidine rings is 1. The fraction of sp³-hybridized carbons (Fsp3) is 0.900. The van der Waals surface area contributed by atoms with E-state index in [9.17, 15) is 4.79 Å². The topological polar surface area (TPSA) is 72.4 Å². The highest BCUT2D eigenvalue weighted by Gasteiger charge is 2.42. The molecule has 2 rings (SSSR count). The first-order valence-corrected chi connectivity index (χ1v) is 5.43. The number of nitrogens with zero attached hydrogens (tertiary/aromatic N) is 1. The molecule has 2 fully saturated rings. The molecule has 0 aromatic heterocycles. The Kier molecular flexibility index (Phi) is 2.49. The fourth-order valence-electron chi connectivity index (χ4n) is 2.81. The van der Waals surface area contributed by atoms with Crippen LogP contribution in [0.15, 0.2) is 0 Å². The Morgan fingerprint density at radius 3 is 2.29 bits per heavy atom. The normalized spacial score (nSPS) is 38.5. The summed E-state index contributed by atoms with van der Waals surface area (Å²) in [5, 5.41) is 0. The minimum absolute atomic E-state index is 0.101. The quantitative estimate of drug-likeness (QED) is 0.612. The van der Waals surface area contributed by atoms with Gasteiger partial charge in [-0.25, -0.2) is 0 Å². The van der Waals surface area contributed by atoms with Crippen LogP contribution in [0.1, 0.15) is 32.6 Å². The third-order valence-corrected chi connectivity index (χ3v) is 3.41. The third-order valence-electron chi connectivity index (χ3n) is 3.41. The zero-order chi connectivity index (χ0) is 10.3. The van der Waals surface area contributed by atoms with Crippen molar-refractivity contribution in [3.63, 3.8) is 0 Å². The van der Waals surface area contributed by atoms with E-state index in [1.165, 1.54) is 0 Å². The van der Waals surface area contributed by atoms with Crippen molar-refractivity contribution in [3.8, 4) is 0 Å². The van der Waals surface area contributed by atoms with Gasteiger partial charge in [-0.15, -0.1) is 0 Å². The van der Waals surface area contributed by atoms with E-state index in [2.05, 4.69) is 0 Å². The fourth-order valence-corrected chi connectivity index (χ4v) is 2.81. The Balaban J connectivity index is 2.11. The van der Waals surface area contributed by atoms with Crippen molar-refractivity contribution in [1.29, 1.82) is 0 Å². The van der Waals surface area contributed by atoms with E-state index in [0.717, 1.165) is 25.7 Å². The highest BCUT2D eigenvalue weighted by atomic mass is 16.2. The molecule has 2 aliphatic rings. The molecule has 0 aromatic rings. The minimum atomic E-state index is -0.368. The molecular weight excluding hydrogens is 178 g/mol. The first-order chi connectivity index (χ1) is 6.59. The van der Waals surface area contributed by atoms with E-state index in [1.807, 2.05) is 4.90 Å². The number of amides is 1. The highest BCUT2D eigenvalue weighted by molar-refractivity contribution is 5.82. The van der Waals surface area contributed by atoms with Crippen LogP contribution in [0.25, 0.3) is 0 Å². The molecule has 4 heteroatoms. The van der Waals surface area contributed by atoms with Crippen LogP contribution in [-0.4, -0.2) is 35.0 Å². The molecule has 2 heterocycles. The molecule has 2 bridgehead atoms. The molecule has 0 aliphatic carbocycles. The predicted molar refractivity (Wildman–Crippen MR) is 54.5 cm³/mol. The van der Waals surface area contributed by atoms with Gasteiger partial charge in [0.15, 0.2) is 0 Å². The molecular formula is C10H19N3O. The maximum absolute atomic E-state index is 11.8. The van der Waals surface area contributed by atoms with Crippen LogP contribution < -0.4 is 11.5 Å². The molecule has 80 valence electrons. The standard InChI is InChI=1S/C10H19N3O/c1-6(11)10(14)13-8-2-3-9(13)5-7(12)4-8/h6-9H,2-5,11-12H2,1H3/t6?,7?,8-,9+. The third kappa shape index (κ3) is 1.53. The largest absolute Gasteiger partial charge is 0.335 e. The number of nitrogens with two attached hydrogens (primary N) is 2. The summed E-state index contributed by atoms with van der Waals surface area (Å²) in [4.78, 5) is 13.8. The number of carbonyl (C=O) groups excluding carboxylic acids is 1. The van der Waals surface area contributed by atoms with Crippen LogP contribution in [-0.2, 0) is 4.79 Å². The lowest BCUT2D eigenvalue weighted by Gasteiger charge is -2.38. The molecule has 0 radical (unpaired) electrons. The van der Waals surface area contributed by atoms with Gasteiger partial charge in [0.2, 0.25) is 5.91 Å². The Morgan fingerprint density at radius 2 is 1.86 bits per heavy atom. The van der Waals surface area contributed by atoms with Gasteiger partial charge in [0.1, 0.15) is 0 Å². The second-order valence-corrected chi connectivity index (χ2v) is 4.65. The molecule has 0 aromatic carbocycles. The molecule has 14 heavy (non-hydrogen) atoms. The molecule has 1 amide bonds. The summed E-state index contributed by atoms with van der Waals surface area (Å²) in [5.74, 6) is 0.101. The van der Waals surface area contributed by atoms with E-state index in [1.54, 1.807) is 6.92 Å². The number of fused-ring (bicyclic) bond motifs is 2. The minimum Gasteiger partial charge on any atom is -0.335 e. The Labute approximate surface area is 84.6 Å². The number of hydrogen-bond acceptors (Lipinski definition) is 3. The molecule has 2 unspecified atom stereocenters. The van der Waals surface area contributed by atoms with Crippen LogP contribution in [0.5, 0.6) is 0 Å². The highest BCUT2D eigenvalue weighted by Crippen LogP contribution is 2.35. The van der Waals surface area contributed by atoms with Crippen LogP contribution in [0.2, 0.25) is 0 Å². The van der Waals surface area contributed by atoms with Gasteiger partial charge < -0.3 is 16.4 Å². The molecule has 0 spiro atoms. The molecule has 2 saturated heterocycles. The lowest BCUT2D eigenvalue weighted by molar-refractivity contribution is -0.136. The van der Waals surface area contributed by atoms with Crippen LogP contribution in [0.4, 0.5) is 0 Å². The molecule has 0 saturated carbocycles. The van der Waals surface area contributed by atoms with E-state index in [0.29, 0.717) is 12.1 Å². The lowest BCUT2D eigenvalue weighted by Crippen LogP contribution is -2.54. The SMILES string of the molecule is CC(N)C(=O)N1[C@@H]2CC[C@H]1CC(N)C2. The smallest absolute Gasteiger partial charge is 0.239 e. The second-order valence-electron chi connectivity index (χ2n) is 4.65. The van der Waals surface area contributed by atoms with E-state index in [4.69, 9.17) is 11.5 Å². The van der Waals surface area contributed by atoms with Gasteiger partial charge in [0.25, 0.3) is 0 Å². The van der Waals surface area contributed by atoms with Gasteiger partial charge in [-0.1, -0.05) is 0 Å². The number of rotatable bonds is 1. The van der Waals surface area contributed by atoms with Crippen molar-refractivity contribution >= 4 is 5.91 Å². The summed E-state index contributed by atoms with van der Waals surface area (Å²) >= 11 is 0. The molecule has 4 nitrogen and oxygen atoms in total. The lowest BCUT2D eigenvalue weighted by atomic mass is 9.97. The zero-order valence-corrected chi connectivity index (χ0v) is 8.65. The summed E-state index contributed by atoms with van der Waals surface area (Å²) in [6.45, 7) is 1.76. The number of carbonyl (C=O) groups is 1. The Morgan fingerprint density at radius 1 is 1.36 bits per heavy atom. The van der Waals surface area contributed by atoms with Crippen molar-refractivity contribution in [2.24, 2.45) is 11.5 Å². The van der Waals surface area contributed by atoms with Crippen LogP contribution in [0.3, 0.4) is 0 Å². The average molecular weight is 197 g/mol. The van der Waals surface area contributed by atoms with Crippen molar-refractivity contribution in [2.75, 3.05) is 0 Å². The van der Waals surface area contributed by atoms with Gasteiger partial charge in [-0.3, -0.25) is 4.79 Å². The average Bonchev–Trinajstić information content (AvgIpc) is 2.37. The predicted octanol–water partition coefficient (Wildman–Crippen LogP) is -0.186. The summed E-state index contributed by atoms with van der Waals surface area (Å²) in [5.41, 5.74) is 11.6. The summed E-state index contributed by atoms with van der Waals surface area (Å²) in [6.07, 6.45) is 4.12. The molecule has 4 N–H and O–H groups in total. The Hall–Kier alpha value is -0.610. The maximum Gasteiger partial charge on any atom is 0.239 e. The van der Waals surface area contributed by atoms with Crippen molar-refractivity contribution in [2.45, 2.75) is 56.8 Å². The zero-order valence-electron chi connectivity index (χ0n) is 8.65. The first kappa shape index (κ1) is 9.93. The van der Waals surface area contributed by atoms with E-state index in [-0.39, 0.29) is 18.0 Å². The molecule has 2 aliphatic heterocycles. The Bertz CT molecular complexity index is 228. The van der Waals surface area contributed by atoms with Crippen LogP contribution >= 0.6 is 0 Å². The van der Waals surface area contributed by atoms with Crippen molar-refractivity contribution < 1.29 is 4.79 Å². The van der Waals surface area contributed by atoms with Gasteiger partial charge in [-0.2, -0.15) is 0 Å². The van der Waals surface area contributed by atoms with Crippen LogP contribution in [0, 0.1) is 0 Å². The van der Waals surface area contributed by atoms with Gasteiger partial charge in [0.05, 0.1) is 6.04 Å². The molecule has 4 atom stereocenters. The first-order valence-electron chi connectivity index (χ1n) is 5.43. The van der Waals surface area contributed by atoms with Crippen molar-refractivity contribution in [3.05, 3.63) is 0 Å². The monoisotopic (exact) mass is 197 g/mol. The second kappa shape index (κ2) is 3.51. The number of hydrogen-bond donors (Lipinski definition) is 2. The van der Waals surface area contributed by atoms with E-state index < -0.39 is 0 Å². The van der Waals surface area contributed by atoms with Gasteiger partial charge >= 0.3 is 0 Å².